The molecule has 1 aliphatic rings. The Morgan fingerprint density at radius 2 is 1.92 bits per heavy atom. The smallest absolute Gasteiger partial charge is 0.348 e. The predicted molar refractivity (Wildman–Crippen MR) is 93.9 cm³/mol. The van der Waals surface area contributed by atoms with Gasteiger partial charge in [-0.25, -0.2) is 13.2 Å². The van der Waals surface area contributed by atoms with Gasteiger partial charge < -0.3 is 9.47 Å². The van der Waals surface area contributed by atoms with Crippen LogP contribution in [0.5, 0.6) is 5.75 Å². The van der Waals surface area contributed by atoms with Gasteiger partial charge >= 0.3 is 5.97 Å². The molecule has 25 heavy (non-hydrogen) atoms. The molecule has 1 aliphatic heterocycles. The molecule has 0 N–H and O–H groups in total. The van der Waals surface area contributed by atoms with Crippen molar-refractivity contribution in [1.29, 1.82) is 0 Å². The van der Waals surface area contributed by atoms with Crippen LogP contribution >= 0.6 is 23.2 Å². The van der Waals surface area contributed by atoms with Crippen LogP contribution in [0.1, 0.15) is 0 Å². The van der Waals surface area contributed by atoms with Crippen molar-refractivity contribution in [2.75, 3.05) is 18.0 Å². The third-order valence-electron chi connectivity index (χ3n) is 3.68. The van der Waals surface area contributed by atoms with E-state index in [1.165, 1.54) is 25.3 Å². The minimum Gasteiger partial charge on any atom is -0.475 e. The number of fused-ring (bicyclic) bond motifs is 1. The first-order valence-corrected chi connectivity index (χ1v) is 9.36. The van der Waals surface area contributed by atoms with Crippen LogP contribution in [-0.4, -0.2) is 34.1 Å². The third kappa shape index (κ3) is 3.15. The summed E-state index contributed by atoms with van der Waals surface area (Å²) in [5, 5.41) is 0.0385. The summed E-state index contributed by atoms with van der Waals surface area (Å²) in [6, 6.07) is 10.8. The first-order valence-electron chi connectivity index (χ1n) is 7.16. The first kappa shape index (κ1) is 17.8. The number of esters is 1. The zero-order valence-corrected chi connectivity index (χ0v) is 15.3. The van der Waals surface area contributed by atoms with Crippen molar-refractivity contribution in [3.8, 4) is 5.75 Å². The van der Waals surface area contributed by atoms with Crippen LogP contribution in [0.25, 0.3) is 0 Å². The Morgan fingerprint density at radius 1 is 1.20 bits per heavy atom. The molecule has 3 rings (SSSR count). The first-order chi connectivity index (χ1) is 11.9. The molecule has 0 aromatic heterocycles. The Hall–Kier alpha value is -1.96. The number of carbonyl (C=O) groups is 1. The van der Waals surface area contributed by atoms with Gasteiger partial charge in [-0.3, -0.25) is 4.31 Å². The van der Waals surface area contributed by atoms with E-state index >= 15 is 0 Å². The van der Waals surface area contributed by atoms with Gasteiger partial charge in [0.15, 0.2) is 0 Å². The van der Waals surface area contributed by atoms with Crippen LogP contribution < -0.4 is 9.04 Å². The van der Waals surface area contributed by atoms with Crippen molar-refractivity contribution in [1.82, 2.24) is 0 Å². The maximum atomic E-state index is 13.2. The SMILES string of the molecule is COC(=O)[C@@H]1CN(S(=O)(=O)c2cccc(Cl)c2Cl)c2ccccc2O1. The lowest BCUT2D eigenvalue weighted by Gasteiger charge is -2.34. The average Bonchev–Trinajstić information content (AvgIpc) is 2.62. The van der Waals surface area contributed by atoms with E-state index in [2.05, 4.69) is 4.74 Å². The van der Waals surface area contributed by atoms with Crippen molar-refractivity contribution >= 4 is 44.9 Å². The Balaban J connectivity index is 2.14. The highest BCUT2D eigenvalue weighted by Gasteiger charge is 2.38. The van der Waals surface area contributed by atoms with Gasteiger partial charge in [0, 0.05) is 0 Å². The highest BCUT2D eigenvalue weighted by Crippen LogP contribution is 2.39. The Morgan fingerprint density at radius 3 is 2.64 bits per heavy atom. The molecule has 0 aliphatic carbocycles. The molecule has 2 aromatic rings. The van der Waals surface area contributed by atoms with Gasteiger partial charge in [0.05, 0.1) is 29.4 Å². The van der Waals surface area contributed by atoms with E-state index in [0.717, 1.165) is 4.31 Å². The maximum Gasteiger partial charge on any atom is 0.348 e. The maximum absolute atomic E-state index is 13.2. The number of para-hydroxylation sites is 2. The van der Waals surface area contributed by atoms with Gasteiger partial charge in [-0.15, -0.1) is 0 Å². The average molecular weight is 402 g/mol. The van der Waals surface area contributed by atoms with E-state index in [0.29, 0.717) is 5.69 Å². The molecular weight excluding hydrogens is 389 g/mol. The molecule has 0 fully saturated rings. The van der Waals surface area contributed by atoms with Crippen molar-refractivity contribution in [2.24, 2.45) is 0 Å². The van der Waals surface area contributed by atoms with Crippen molar-refractivity contribution in [2.45, 2.75) is 11.0 Å². The largest absolute Gasteiger partial charge is 0.475 e. The standard InChI is InChI=1S/C16H13Cl2NO5S/c1-23-16(20)13-9-19(11-6-2-3-7-12(11)24-13)25(21,22)14-8-4-5-10(17)15(14)18/h2-8,13H,9H2,1H3/t13-/m0/s1. The monoisotopic (exact) mass is 401 g/mol. The second-order valence-electron chi connectivity index (χ2n) is 5.19. The number of halogens is 2. The van der Waals surface area contributed by atoms with E-state index in [4.69, 9.17) is 27.9 Å². The lowest BCUT2D eigenvalue weighted by Crippen LogP contribution is -2.47. The Labute approximate surface area is 154 Å². The fraction of sp³-hybridized carbons (Fsp3) is 0.188. The number of hydrogen-bond donors (Lipinski definition) is 0. The number of sulfonamides is 1. The summed E-state index contributed by atoms with van der Waals surface area (Å²) < 4.78 is 37.6. The number of hydrogen-bond acceptors (Lipinski definition) is 5. The molecule has 0 unspecified atom stereocenters. The lowest BCUT2D eigenvalue weighted by atomic mass is 10.2. The van der Waals surface area contributed by atoms with Gasteiger partial charge in [-0.2, -0.15) is 0 Å². The summed E-state index contributed by atoms with van der Waals surface area (Å²) >= 11 is 12.0. The van der Waals surface area contributed by atoms with E-state index in [1.54, 1.807) is 24.3 Å². The minimum absolute atomic E-state index is 0.0808. The molecule has 9 heteroatoms. The number of carbonyl (C=O) groups excluding carboxylic acids is 1. The lowest BCUT2D eigenvalue weighted by molar-refractivity contribution is -0.148. The van der Waals surface area contributed by atoms with Crippen molar-refractivity contribution in [3.63, 3.8) is 0 Å². The molecule has 0 amide bonds. The van der Waals surface area contributed by atoms with Gasteiger partial charge in [0.1, 0.15) is 10.6 Å². The predicted octanol–water partition coefficient (Wildman–Crippen LogP) is 3.12. The molecule has 6 nitrogen and oxygen atoms in total. The van der Waals surface area contributed by atoms with Gasteiger partial charge in [0.25, 0.3) is 10.0 Å². The van der Waals surface area contributed by atoms with Gasteiger partial charge in [-0.1, -0.05) is 41.4 Å². The topological polar surface area (TPSA) is 72.9 Å². The van der Waals surface area contributed by atoms with E-state index in [-0.39, 0.29) is 27.2 Å². The Bertz CT molecular complexity index is 932. The third-order valence-corrected chi connectivity index (χ3v) is 6.44. The van der Waals surface area contributed by atoms with Crippen LogP contribution in [0.4, 0.5) is 5.69 Å². The summed E-state index contributed by atoms with van der Waals surface area (Å²) in [5.41, 5.74) is 0.304. The van der Waals surface area contributed by atoms with Crippen LogP contribution in [0, 0.1) is 0 Å². The van der Waals surface area contributed by atoms with E-state index in [9.17, 15) is 13.2 Å². The molecular formula is C16H13Cl2NO5S. The summed E-state index contributed by atoms with van der Waals surface area (Å²) in [4.78, 5) is 11.7. The quantitative estimate of drug-likeness (QED) is 0.738. The van der Waals surface area contributed by atoms with E-state index < -0.39 is 22.1 Å². The number of benzene rings is 2. The molecule has 1 heterocycles. The zero-order chi connectivity index (χ0) is 18.2. The minimum atomic E-state index is -4.07. The second-order valence-corrected chi connectivity index (χ2v) is 7.80. The molecule has 0 spiro atoms. The number of anilines is 1. The molecule has 0 bridgehead atoms. The summed E-state index contributed by atoms with van der Waals surface area (Å²) in [7, 11) is -2.87. The summed E-state index contributed by atoms with van der Waals surface area (Å²) in [6.07, 6.45) is -1.09. The fourth-order valence-electron chi connectivity index (χ4n) is 2.49. The molecule has 0 radical (unpaired) electrons. The number of methoxy groups -OCH3 is 1. The summed E-state index contributed by atoms with van der Waals surface area (Å²) in [5.74, 6) is -0.419. The highest BCUT2D eigenvalue weighted by molar-refractivity contribution is 7.93. The molecule has 0 saturated heterocycles. The second kappa shape index (κ2) is 6.74. The zero-order valence-electron chi connectivity index (χ0n) is 13.0. The van der Waals surface area contributed by atoms with Crippen LogP contribution in [0.3, 0.4) is 0 Å². The molecule has 2 aromatic carbocycles. The molecule has 0 saturated carbocycles. The van der Waals surface area contributed by atoms with Crippen LogP contribution in [-0.2, 0) is 19.6 Å². The summed E-state index contributed by atoms with van der Waals surface area (Å²) in [6.45, 7) is -0.241. The van der Waals surface area contributed by atoms with Crippen LogP contribution in [0.15, 0.2) is 47.4 Å². The molecule has 132 valence electrons. The van der Waals surface area contributed by atoms with Gasteiger partial charge in [0.2, 0.25) is 6.10 Å². The highest BCUT2D eigenvalue weighted by atomic mass is 35.5. The number of ether oxygens (including phenoxy) is 2. The van der Waals surface area contributed by atoms with Crippen molar-refractivity contribution in [3.05, 3.63) is 52.5 Å². The van der Waals surface area contributed by atoms with Gasteiger partial charge in [-0.05, 0) is 24.3 Å². The number of rotatable bonds is 3. The fourth-order valence-corrected chi connectivity index (χ4v) is 4.70. The normalized spacial score (nSPS) is 16.8. The number of nitrogens with zero attached hydrogens (tertiary/aromatic N) is 1. The Kier molecular flexibility index (Phi) is 4.81. The van der Waals surface area contributed by atoms with Crippen LogP contribution in [0.2, 0.25) is 10.0 Å². The van der Waals surface area contributed by atoms with Crippen molar-refractivity contribution < 1.29 is 22.7 Å². The molecule has 1 atom stereocenters. The van der Waals surface area contributed by atoms with E-state index in [1.807, 2.05) is 0 Å².